The first kappa shape index (κ1) is 23.9. The summed E-state index contributed by atoms with van der Waals surface area (Å²) in [5.74, 6) is 1.12. The predicted octanol–water partition coefficient (Wildman–Crippen LogP) is 4.18. The van der Waals surface area contributed by atoms with Crippen LogP contribution in [-0.2, 0) is 11.8 Å². The normalized spacial score (nSPS) is 15.8. The van der Waals surface area contributed by atoms with Crippen molar-refractivity contribution in [2.24, 2.45) is 7.05 Å². The maximum Gasteiger partial charge on any atom is 0.295 e. The van der Waals surface area contributed by atoms with Gasteiger partial charge in [0.15, 0.2) is 0 Å². The van der Waals surface area contributed by atoms with Crippen LogP contribution in [0.4, 0.5) is 5.69 Å². The molecule has 1 aliphatic rings. The van der Waals surface area contributed by atoms with Gasteiger partial charge in [0.1, 0.15) is 11.4 Å². The van der Waals surface area contributed by atoms with Gasteiger partial charge in [0, 0.05) is 24.1 Å². The number of fused-ring (bicyclic) bond motifs is 1. The number of carbonyl (C=O) groups excluding carboxylic acids is 1. The van der Waals surface area contributed by atoms with Gasteiger partial charge in [-0.3, -0.25) is 19.2 Å². The van der Waals surface area contributed by atoms with Gasteiger partial charge in [0.2, 0.25) is 5.91 Å². The number of hydrogen-bond donors (Lipinski definition) is 2. The molecule has 1 unspecified atom stereocenters. The van der Waals surface area contributed by atoms with Gasteiger partial charge >= 0.3 is 0 Å². The molecule has 8 nitrogen and oxygen atoms in total. The highest BCUT2D eigenvalue weighted by molar-refractivity contribution is 5.95. The Balaban J connectivity index is 1.27. The van der Waals surface area contributed by atoms with Gasteiger partial charge in [0.25, 0.3) is 5.56 Å². The number of rotatable bonds is 6. The van der Waals surface area contributed by atoms with E-state index in [1.54, 1.807) is 16.5 Å². The Morgan fingerprint density at radius 3 is 2.56 bits per heavy atom. The number of amides is 1. The zero-order chi connectivity index (χ0) is 25.4. The van der Waals surface area contributed by atoms with Crippen molar-refractivity contribution in [1.82, 2.24) is 19.2 Å². The standard InChI is InChI=1S/C28H33N5O3/c1-18-26(28(35)33(31(18)3)21-8-6-5-7-9-21)30-27(34)19(2)32-14-12-20(13-15-32)24-17-29-25-11-10-22(36-4)16-23(24)25/h5-11,16-17,19-20,29H,12-15H2,1-4H3,(H,30,34). The number of piperidine rings is 1. The molecule has 1 amide bonds. The fraction of sp³-hybridized carbons (Fsp3) is 0.357. The van der Waals surface area contributed by atoms with E-state index in [1.807, 2.05) is 57.3 Å². The van der Waals surface area contributed by atoms with Gasteiger partial charge in [-0.05, 0) is 81.6 Å². The van der Waals surface area contributed by atoms with E-state index in [2.05, 4.69) is 33.5 Å². The Kier molecular flexibility index (Phi) is 6.45. The molecule has 1 saturated heterocycles. The molecule has 1 aliphatic heterocycles. The van der Waals surface area contributed by atoms with Gasteiger partial charge in [0.05, 0.1) is 24.5 Å². The van der Waals surface area contributed by atoms with Crippen LogP contribution in [0.3, 0.4) is 0 Å². The zero-order valence-corrected chi connectivity index (χ0v) is 21.2. The first-order chi connectivity index (χ1) is 17.4. The van der Waals surface area contributed by atoms with Gasteiger partial charge < -0.3 is 15.0 Å². The molecule has 5 rings (SSSR count). The smallest absolute Gasteiger partial charge is 0.295 e. The molecule has 2 aromatic carbocycles. The molecular weight excluding hydrogens is 454 g/mol. The second-order valence-electron chi connectivity index (χ2n) is 9.57. The fourth-order valence-corrected chi connectivity index (χ4v) is 5.29. The fourth-order valence-electron chi connectivity index (χ4n) is 5.29. The minimum absolute atomic E-state index is 0.156. The quantitative estimate of drug-likeness (QED) is 0.427. The molecule has 1 atom stereocenters. The van der Waals surface area contributed by atoms with E-state index in [1.165, 1.54) is 10.9 Å². The van der Waals surface area contributed by atoms with Crippen LogP contribution in [0.1, 0.15) is 36.9 Å². The van der Waals surface area contributed by atoms with Crippen molar-refractivity contribution in [3.05, 3.63) is 76.3 Å². The second-order valence-corrected chi connectivity index (χ2v) is 9.57. The van der Waals surface area contributed by atoms with Crippen LogP contribution in [0.25, 0.3) is 16.6 Å². The molecule has 2 aromatic heterocycles. The number of H-pyrrole nitrogens is 1. The summed E-state index contributed by atoms with van der Waals surface area (Å²) in [6.45, 7) is 5.40. The third-order valence-electron chi connectivity index (χ3n) is 7.62. The molecule has 3 heterocycles. The highest BCUT2D eigenvalue weighted by Gasteiger charge is 2.29. The lowest BCUT2D eigenvalue weighted by Gasteiger charge is -2.35. The number of nitrogens with one attached hydrogen (secondary N) is 2. The lowest BCUT2D eigenvalue weighted by atomic mass is 9.88. The molecular formula is C28H33N5O3. The average Bonchev–Trinajstić information content (AvgIpc) is 3.42. The van der Waals surface area contributed by atoms with E-state index >= 15 is 0 Å². The monoisotopic (exact) mass is 487 g/mol. The topological polar surface area (TPSA) is 84.3 Å². The molecule has 2 N–H and O–H groups in total. The second kappa shape index (κ2) is 9.70. The van der Waals surface area contributed by atoms with Crippen molar-refractivity contribution in [2.75, 3.05) is 25.5 Å². The van der Waals surface area contributed by atoms with Crippen LogP contribution in [0.15, 0.2) is 59.5 Å². The zero-order valence-electron chi connectivity index (χ0n) is 21.2. The number of aromatic nitrogens is 3. The summed E-state index contributed by atoms with van der Waals surface area (Å²) in [5, 5.41) is 4.13. The molecule has 8 heteroatoms. The van der Waals surface area contributed by atoms with E-state index in [9.17, 15) is 9.59 Å². The van der Waals surface area contributed by atoms with Gasteiger partial charge in [-0.15, -0.1) is 0 Å². The molecule has 1 fully saturated rings. The Morgan fingerprint density at radius 2 is 1.86 bits per heavy atom. The Labute approximate surface area is 210 Å². The number of hydrogen-bond acceptors (Lipinski definition) is 4. The van der Waals surface area contributed by atoms with E-state index in [-0.39, 0.29) is 17.5 Å². The van der Waals surface area contributed by atoms with Crippen molar-refractivity contribution in [3.8, 4) is 11.4 Å². The summed E-state index contributed by atoms with van der Waals surface area (Å²) in [7, 11) is 3.51. The van der Waals surface area contributed by atoms with Crippen molar-refractivity contribution < 1.29 is 9.53 Å². The maximum absolute atomic E-state index is 13.2. The molecule has 36 heavy (non-hydrogen) atoms. The van der Waals surface area contributed by atoms with Gasteiger partial charge in [-0.1, -0.05) is 18.2 Å². The Hall–Kier alpha value is -3.78. The molecule has 0 bridgehead atoms. The summed E-state index contributed by atoms with van der Waals surface area (Å²) in [6.07, 6.45) is 4.04. The molecule has 4 aromatic rings. The number of nitrogens with zero attached hydrogens (tertiary/aromatic N) is 3. The van der Waals surface area contributed by atoms with Crippen LogP contribution >= 0.6 is 0 Å². The van der Waals surface area contributed by atoms with Crippen LogP contribution in [-0.4, -0.2) is 51.4 Å². The highest BCUT2D eigenvalue weighted by atomic mass is 16.5. The summed E-state index contributed by atoms with van der Waals surface area (Å²) in [5.41, 5.74) is 4.01. The van der Waals surface area contributed by atoms with E-state index in [0.29, 0.717) is 11.6 Å². The first-order valence-corrected chi connectivity index (χ1v) is 12.4. The van der Waals surface area contributed by atoms with Crippen LogP contribution < -0.4 is 15.6 Å². The number of carbonyl (C=O) groups is 1. The molecule has 0 aliphatic carbocycles. The third kappa shape index (κ3) is 4.22. The average molecular weight is 488 g/mol. The van der Waals surface area contributed by atoms with Gasteiger partial charge in [-0.2, -0.15) is 0 Å². The molecule has 0 saturated carbocycles. The Morgan fingerprint density at radius 1 is 1.14 bits per heavy atom. The summed E-state index contributed by atoms with van der Waals surface area (Å²) in [4.78, 5) is 32.0. The summed E-state index contributed by atoms with van der Waals surface area (Å²) >= 11 is 0. The largest absolute Gasteiger partial charge is 0.497 e. The number of methoxy groups -OCH3 is 1. The molecule has 188 valence electrons. The number of para-hydroxylation sites is 1. The molecule has 0 radical (unpaired) electrons. The summed E-state index contributed by atoms with van der Waals surface area (Å²) in [6, 6.07) is 15.2. The van der Waals surface area contributed by atoms with Crippen molar-refractivity contribution in [2.45, 2.75) is 38.6 Å². The van der Waals surface area contributed by atoms with Gasteiger partial charge in [-0.25, -0.2) is 4.68 Å². The van der Waals surface area contributed by atoms with E-state index in [4.69, 9.17) is 4.74 Å². The van der Waals surface area contributed by atoms with Crippen LogP contribution in [0, 0.1) is 6.92 Å². The minimum Gasteiger partial charge on any atom is -0.497 e. The SMILES string of the molecule is COc1ccc2[nH]cc(C3CCN(C(C)C(=O)Nc4c(C)n(C)n(-c5ccccc5)c4=O)CC3)c2c1. The number of likely N-dealkylation sites (tertiary alicyclic amines) is 1. The predicted molar refractivity (Wildman–Crippen MR) is 142 cm³/mol. The Bertz CT molecular complexity index is 1440. The number of ether oxygens (including phenoxy) is 1. The number of aromatic amines is 1. The third-order valence-corrected chi connectivity index (χ3v) is 7.62. The van der Waals surface area contributed by atoms with Crippen LogP contribution in [0.2, 0.25) is 0 Å². The van der Waals surface area contributed by atoms with Crippen LogP contribution in [0.5, 0.6) is 5.75 Å². The number of benzene rings is 2. The lowest BCUT2D eigenvalue weighted by Crippen LogP contribution is -2.46. The number of anilines is 1. The minimum atomic E-state index is -0.335. The lowest BCUT2D eigenvalue weighted by molar-refractivity contribution is -0.121. The van der Waals surface area contributed by atoms with Crippen molar-refractivity contribution in [1.29, 1.82) is 0 Å². The first-order valence-electron chi connectivity index (χ1n) is 12.4. The van der Waals surface area contributed by atoms with Crippen molar-refractivity contribution >= 4 is 22.5 Å². The van der Waals surface area contributed by atoms with E-state index < -0.39 is 0 Å². The maximum atomic E-state index is 13.2. The summed E-state index contributed by atoms with van der Waals surface area (Å²) < 4.78 is 8.77. The van der Waals surface area contributed by atoms with E-state index in [0.717, 1.165) is 48.6 Å². The highest BCUT2D eigenvalue weighted by Crippen LogP contribution is 2.35. The molecule has 0 spiro atoms. The van der Waals surface area contributed by atoms with Crippen molar-refractivity contribution in [3.63, 3.8) is 0 Å².